The fraction of sp³-hybridized carbons (Fsp3) is 0.720. The highest BCUT2D eigenvalue weighted by Gasteiger charge is 2.61. The first-order valence-electron chi connectivity index (χ1n) is 12.7. The number of hydrogen-bond acceptors (Lipinski definition) is 7. The molecular formula is C25H40N4O6S. The highest BCUT2D eigenvalue weighted by molar-refractivity contribution is 7.89. The Morgan fingerprint density at radius 3 is 2.58 bits per heavy atom. The molecule has 10 nitrogen and oxygen atoms in total. The predicted octanol–water partition coefficient (Wildman–Crippen LogP) is 1.69. The molecule has 2 fully saturated rings. The van der Waals surface area contributed by atoms with Gasteiger partial charge in [0.05, 0.1) is 6.26 Å². The number of sulfonamides is 1. The molecule has 0 bridgehead atoms. The van der Waals surface area contributed by atoms with Gasteiger partial charge in [0.2, 0.25) is 21.8 Å². The van der Waals surface area contributed by atoms with Gasteiger partial charge in [-0.05, 0) is 65.9 Å². The monoisotopic (exact) mass is 524 g/mol. The van der Waals surface area contributed by atoms with Crippen molar-refractivity contribution in [2.75, 3.05) is 12.8 Å². The second-order valence-electron chi connectivity index (χ2n) is 11.1. The minimum Gasteiger partial charge on any atom is -0.474 e. The van der Waals surface area contributed by atoms with Gasteiger partial charge in [0.1, 0.15) is 23.2 Å². The van der Waals surface area contributed by atoms with Crippen molar-refractivity contribution in [3.05, 3.63) is 24.6 Å². The molecule has 36 heavy (non-hydrogen) atoms. The third-order valence-electron chi connectivity index (χ3n) is 6.68. The number of carbonyl (C=O) groups excluding carboxylic acids is 3. The van der Waals surface area contributed by atoms with E-state index in [1.165, 1.54) is 0 Å². The molecule has 0 aromatic carbocycles. The van der Waals surface area contributed by atoms with Crippen molar-refractivity contribution in [3.8, 4) is 0 Å². The summed E-state index contributed by atoms with van der Waals surface area (Å²) in [5, 5.41) is 5.94. The Morgan fingerprint density at radius 2 is 1.92 bits per heavy atom. The van der Waals surface area contributed by atoms with Gasteiger partial charge in [-0.25, -0.2) is 8.42 Å². The maximum Gasteiger partial charge on any atom is 0.259 e. The van der Waals surface area contributed by atoms with E-state index in [1.807, 2.05) is 37.6 Å². The first-order valence-corrected chi connectivity index (χ1v) is 14.6. The third kappa shape index (κ3) is 7.24. The van der Waals surface area contributed by atoms with Crippen molar-refractivity contribution in [1.82, 2.24) is 20.3 Å². The zero-order valence-corrected chi connectivity index (χ0v) is 22.6. The van der Waals surface area contributed by atoms with Gasteiger partial charge < -0.3 is 20.3 Å². The quantitative estimate of drug-likeness (QED) is 0.368. The van der Waals surface area contributed by atoms with Crippen LogP contribution in [0.25, 0.3) is 0 Å². The summed E-state index contributed by atoms with van der Waals surface area (Å²) in [6.45, 7) is 10.0. The zero-order chi connectivity index (χ0) is 26.7. The number of amides is 3. The van der Waals surface area contributed by atoms with Gasteiger partial charge in [0, 0.05) is 12.5 Å². The van der Waals surface area contributed by atoms with E-state index in [0.717, 1.165) is 31.9 Å². The van der Waals surface area contributed by atoms with Crippen LogP contribution in [0.2, 0.25) is 0 Å². The Morgan fingerprint density at radius 1 is 1.19 bits per heavy atom. The molecule has 1 aliphatic carbocycles. The molecule has 2 heterocycles. The molecule has 0 aromatic rings. The number of ether oxygens (including phenoxy) is 1. The number of nitrogens with zero attached hydrogens (tertiary/aromatic N) is 1. The van der Waals surface area contributed by atoms with Gasteiger partial charge in [0.15, 0.2) is 5.88 Å². The SMILES string of the molecule is C=C(N[C@H]1CCCCC/C=C\[C@@H]2C[C@@]2(C(=O)NS(C)(=O)=O)NC(=O)[C@@H]2CCCN2C1=O)OC(C)(C)C. The van der Waals surface area contributed by atoms with Crippen LogP contribution >= 0.6 is 0 Å². The summed E-state index contributed by atoms with van der Waals surface area (Å²) >= 11 is 0. The van der Waals surface area contributed by atoms with Crippen molar-refractivity contribution in [3.63, 3.8) is 0 Å². The lowest BCUT2D eigenvalue weighted by Gasteiger charge is -2.32. The Hall–Kier alpha value is -2.56. The minimum absolute atomic E-state index is 0.207. The molecule has 1 saturated carbocycles. The van der Waals surface area contributed by atoms with Crippen molar-refractivity contribution in [1.29, 1.82) is 0 Å². The van der Waals surface area contributed by atoms with E-state index in [1.54, 1.807) is 4.90 Å². The second kappa shape index (κ2) is 10.8. The summed E-state index contributed by atoms with van der Waals surface area (Å²) in [6.07, 6.45) is 10.2. The Balaban J connectivity index is 1.83. The molecule has 0 unspecified atom stereocenters. The van der Waals surface area contributed by atoms with E-state index in [4.69, 9.17) is 4.74 Å². The van der Waals surface area contributed by atoms with Crippen molar-refractivity contribution < 1.29 is 27.5 Å². The highest BCUT2D eigenvalue weighted by atomic mass is 32.2. The number of allylic oxidation sites excluding steroid dienone is 1. The van der Waals surface area contributed by atoms with Gasteiger partial charge in [-0.15, -0.1) is 0 Å². The number of rotatable bonds is 5. The summed E-state index contributed by atoms with van der Waals surface area (Å²) < 4.78 is 31.3. The molecular weight excluding hydrogens is 484 g/mol. The van der Waals surface area contributed by atoms with Crippen LogP contribution < -0.4 is 15.4 Å². The highest BCUT2D eigenvalue weighted by Crippen LogP contribution is 2.45. The van der Waals surface area contributed by atoms with Gasteiger partial charge in [-0.3, -0.25) is 19.1 Å². The summed E-state index contributed by atoms with van der Waals surface area (Å²) in [6, 6.07) is -1.33. The van der Waals surface area contributed by atoms with E-state index >= 15 is 0 Å². The normalized spacial score (nSPS) is 30.6. The van der Waals surface area contributed by atoms with Crippen LogP contribution in [0.5, 0.6) is 0 Å². The van der Waals surface area contributed by atoms with Gasteiger partial charge >= 0.3 is 0 Å². The molecule has 3 rings (SSSR count). The number of hydrogen-bond donors (Lipinski definition) is 3. The first kappa shape index (κ1) is 28.0. The average Bonchev–Trinajstić information content (AvgIpc) is 3.20. The van der Waals surface area contributed by atoms with E-state index < -0.39 is 45.1 Å². The maximum absolute atomic E-state index is 13.6. The van der Waals surface area contributed by atoms with Crippen LogP contribution in [-0.4, -0.2) is 67.1 Å². The van der Waals surface area contributed by atoms with Crippen LogP contribution in [0.15, 0.2) is 24.6 Å². The van der Waals surface area contributed by atoms with E-state index in [-0.39, 0.29) is 11.8 Å². The molecule has 1 saturated heterocycles. The van der Waals surface area contributed by atoms with Crippen molar-refractivity contribution >= 4 is 27.7 Å². The molecule has 11 heteroatoms. The van der Waals surface area contributed by atoms with Crippen molar-refractivity contribution in [2.45, 2.75) is 95.4 Å². The Kier molecular flexibility index (Phi) is 8.42. The molecule has 3 amide bonds. The predicted molar refractivity (Wildman–Crippen MR) is 136 cm³/mol. The van der Waals surface area contributed by atoms with Crippen LogP contribution in [-0.2, 0) is 29.1 Å². The largest absolute Gasteiger partial charge is 0.474 e. The van der Waals surface area contributed by atoms with Gasteiger partial charge in [0.25, 0.3) is 5.91 Å². The van der Waals surface area contributed by atoms with Crippen LogP contribution in [0.1, 0.15) is 72.1 Å². The molecule has 3 aliphatic rings. The van der Waals surface area contributed by atoms with Gasteiger partial charge in [-0.2, -0.15) is 0 Å². The summed E-state index contributed by atoms with van der Waals surface area (Å²) in [4.78, 5) is 41.5. The van der Waals surface area contributed by atoms with E-state index in [0.29, 0.717) is 38.1 Å². The topological polar surface area (TPSA) is 134 Å². The molecule has 0 aromatic heterocycles. The minimum atomic E-state index is -3.79. The first-order chi connectivity index (χ1) is 16.7. The molecule has 0 radical (unpaired) electrons. The lowest BCUT2D eigenvalue weighted by Crippen LogP contribution is -2.57. The molecule has 0 spiro atoms. The summed E-state index contributed by atoms with van der Waals surface area (Å²) in [5.74, 6) is -1.39. The fourth-order valence-corrected chi connectivity index (χ4v) is 5.47. The fourth-order valence-electron chi connectivity index (χ4n) is 4.95. The maximum atomic E-state index is 13.6. The Labute approximate surface area is 214 Å². The molecule has 2 aliphatic heterocycles. The second-order valence-corrected chi connectivity index (χ2v) is 12.8. The molecule has 202 valence electrons. The number of carbonyl (C=O) groups is 3. The van der Waals surface area contributed by atoms with E-state index in [9.17, 15) is 22.8 Å². The zero-order valence-electron chi connectivity index (χ0n) is 21.8. The third-order valence-corrected chi connectivity index (χ3v) is 7.23. The lowest BCUT2D eigenvalue weighted by molar-refractivity contribution is -0.141. The molecule has 3 N–H and O–H groups in total. The van der Waals surface area contributed by atoms with E-state index in [2.05, 4.69) is 17.2 Å². The smallest absolute Gasteiger partial charge is 0.259 e. The number of fused-ring (bicyclic) bond motifs is 2. The standard InChI is InChI=1S/C25H40N4O6S/c1-17(35-24(2,3)4)26-19-13-10-8-6-7-9-12-18-16-25(18,23(32)28-36(5,33)34)27-21(30)20-14-11-15-29(20)22(19)31/h9,12,18-20,26H,1,6-8,10-11,13-16H2,2-5H3,(H,27,30)(H,28,32)/b12-9-/t18-,19+,20+,25-/m1/s1. The lowest BCUT2D eigenvalue weighted by atomic mass is 10.0. The Bertz CT molecular complexity index is 1020. The van der Waals surface area contributed by atoms with Crippen LogP contribution in [0.4, 0.5) is 0 Å². The molecule has 4 atom stereocenters. The summed E-state index contributed by atoms with van der Waals surface area (Å²) in [5.41, 5.74) is -1.81. The van der Waals surface area contributed by atoms with Crippen molar-refractivity contribution in [2.24, 2.45) is 5.92 Å². The average molecular weight is 525 g/mol. The van der Waals surface area contributed by atoms with Crippen LogP contribution in [0.3, 0.4) is 0 Å². The summed E-state index contributed by atoms with van der Waals surface area (Å²) in [7, 11) is -3.79. The van der Waals surface area contributed by atoms with Gasteiger partial charge in [-0.1, -0.05) is 25.0 Å². The van der Waals surface area contributed by atoms with Crippen LogP contribution in [0, 0.1) is 5.92 Å². The number of nitrogens with one attached hydrogen (secondary N) is 3.